The molecule has 0 fully saturated rings. The van der Waals surface area contributed by atoms with Crippen LogP contribution in [0, 0.1) is 5.92 Å². The molecule has 1 atom stereocenters. The summed E-state index contributed by atoms with van der Waals surface area (Å²) in [5.41, 5.74) is 2.81. The van der Waals surface area contributed by atoms with Gasteiger partial charge in [0.25, 0.3) is 0 Å². The van der Waals surface area contributed by atoms with Gasteiger partial charge >= 0.3 is 0 Å². The van der Waals surface area contributed by atoms with Gasteiger partial charge in [0, 0.05) is 0 Å². The lowest BCUT2D eigenvalue weighted by Crippen LogP contribution is -1.94. The van der Waals surface area contributed by atoms with E-state index in [1.54, 1.807) is 0 Å². The van der Waals surface area contributed by atoms with Crippen LogP contribution in [0.4, 0.5) is 0 Å². The molecule has 0 N–H and O–H groups in total. The van der Waals surface area contributed by atoms with Gasteiger partial charge in [-0.25, -0.2) is 0 Å². The number of hydrogen-bond donors (Lipinski definition) is 0. The average Bonchev–Trinajstić information content (AvgIpc) is 2.53. The SMILES string of the molecule is CC1=CC(Cc2ccccc2)C=C1. The van der Waals surface area contributed by atoms with Crippen molar-refractivity contribution in [2.24, 2.45) is 5.92 Å². The standard InChI is InChI=1S/C13H14/c1-11-7-8-13(9-11)10-12-5-3-2-4-6-12/h2-9,13H,10H2,1H3. The Morgan fingerprint density at radius 3 is 2.54 bits per heavy atom. The molecule has 0 spiro atoms. The zero-order valence-corrected chi connectivity index (χ0v) is 7.90. The molecule has 0 nitrogen and oxygen atoms in total. The van der Waals surface area contributed by atoms with Crippen molar-refractivity contribution in [1.29, 1.82) is 0 Å². The summed E-state index contributed by atoms with van der Waals surface area (Å²) in [5.74, 6) is 0.613. The summed E-state index contributed by atoms with van der Waals surface area (Å²) in [5, 5.41) is 0. The lowest BCUT2D eigenvalue weighted by atomic mass is 10.0. The van der Waals surface area contributed by atoms with E-state index >= 15 is 0 Å². The van der Waals surface area contributed by atoms with Crippen LogP contribution in [0.1, 0.15) is 12.5 Å². The van der Waals surface area contributed by atoms with Crippen molar-refractivity contribution in [1.82, 2.24) is 0 Å². The van der Waals surface area contributed by atoms with Crippen molar-refractivity contribution in [3.05, 3.63) is 59.7 Å². The second kappa shape index (κ2) is 3.61. The first-order valence-electron chi connectivity index (χ1n) is 4.75. The van der Waals surface area contributed by atoms with Crippen molar-refractivity contribution < 1.29 is 0 Å². The zero-order valence-electron chi connectivity index (χ0n) is 7.90. The Labute approximate surface area is 79.6 Å². The summed E-state index contributed by atoms with van der Waals surface area (Å²) in [6.07, 6.45) is 7.94. The van der Waals surface area contributed by atoms with E-state index < -0.39 is 0 Å². The molecule has 0 bridgehead atoms. The van der Waals surface area contributed by atoms with Crippen LogP contribution in [0.15, 0.2) is 54.1 Å². The van der Waals surface area contributed by atoms with Crippen molar-refractivity contribution in [3.63, 3.8) is 0 Å². The molecule has 0 heterocycles. The maximum absolute atomic E-state index is 2.33. The molecule has 13 heavy (non-hydrogen) atoms. The molecular formula is C13H14. The Hall–Kier alpha value is -1.30. The molecular weight excluding hydrogens is 156 g/mol. The van der Waals surface area contributed by atoms with Gasteiger partial charge in [0.15, 0.2) is 0 Å². The third-order valence-corrected chi connectivity index (χ3v) is 2.40. The minimum absolute atomic E-state index is 0.613. The molecule has 2 rings (SSSR count). The number of hydrogen-bond acceptors (Lipinski definition) is 0. The summed E-state index contributed by atoms with van der Waals surface area (Å²) in [6, 6.07) is 10.6. The molecule has 0 heteroatoms. The number of allylic oxidation sites excluding steroid dienone is 4. The van der Waals surface area contributed by atoms with Crippen molar-refractivity contribution in [2.75, 3.05) is 0 Å². The maximum atomic E-state index is 2.33. The fourth-order valence-electron chi connectivity index (χ4n) is 1.74. The van der Waals surface area contributed by atoms with Crippen LogP contribution in [-0.4, -0.2) is 0 Å². The highest BCUT2D eigenvalue weighted by molar-refractivity contribution is 5.29. The van der Waals surface area contributed by atoms with E-state index in [9.17, 15) is 0 Å². The molecule has 0 amide bonds. The van der Waals surface area contributed by atoms with Gasteiger partial charge in [-0.3, -0.25) is 0 Å². The second-order valence-corrected chi connectivity index (χ2v) is 3.62. The fraction of sp³-hybridized carbons (Fsp3) is 0.231. The Balaban J connectivity index is 2.04. The molecule has 1 aliphatic carbocycles. The van der Waals surface area contributed by atoms with Gasteiger partial charge in [-0.05, 0) is 24.8 Å². The third-order valence-electron chi connectivity index (χ3n) is 2.40. The first-order chi connectivity index (χ1) is 6.34. The largest absolute Gasteiger partial charge is 0.0770 e. The van der Waals surface area contributed by atoms with Crippen LogP contribution >= 0.6 is 0 Å². The molecule has 1 aromatic rings. The quantitative estimate of drug-likeness (QED) is 0.638. The van der Waals surface area contributed by atoms with E-state index in [2.05, 4.69) is 55.5 Å². The van der Waals surface area contributed by atoms with E-state index in [4.69, 9.17) is 0 Å². The third kappa shape index (κ3) is 2.09. The van der Waals surface area contributed by atoms with E-state index in [1.165, 1.54) is 11.1 Å². The highest BCUT2D eigenvalue weighted by Crippen LogP contribution is 2.19. The van der Waals surface area contributed by atoms with Crippen molar-refractivity contribution in [2.45, 2.75) is 13.3 Å². The van der Waals surface area contributed by atoms with Crippen molar-refractivity contribution >= 4 is 0 Å². The van der Waals surface area contributed by atoms with Crippen LogP contribution in [0.5, 0.6) is 0 Å². The predicted octanol–water partition coefficient (Wildman–Crippen LogP) is 3.36. The smallest absolute Gasteiger partial charge is 0.000414 e. The van der Waals surface area contributed by atoms with Gasteiger partial charge in [0.1, 0.15) is 0 Å². The van der Waals surface area contributed by atoms with Gasteiger partial charge < -0.3 is 0 Å². The monoisotopic (exact) mass is 170 g/mol. The van der Waals surface area contributed by atoms with E-state index in [-0.39, 0.29) is 0 Å². The number of benzene rings is 1. The molecule has 0 aliphatic heterocycles. The Kier molecular flexibility index (Phi) is 2.31. The van der Waals surface area contributed by atoms with Gasteiger partial charge in [0.05, 0.1) is 0 Å². The topological polar surface area (TPSA) is 0 Å². The summed E-state index contributed by atoms with van der Waals surface area (Å²) in [7, 11) is 0. The first kappa shape index (κ1) is 8.31. The van der Waals surface area contributed by atoms with Crippen LogP contribution in [0.25, 0.3) is 0 Å². The maximum Gasteiger partial charge on any atom is -0.000414 e. The highest BCUT2D eigenvalue weighted by Gasteiger charge is 2.06. The molecule has 66 valence electrons. The fourth-order valence-corrected chi connectivity index (χ4v) is 1.74. The Morgan fingerprint density at radius 2 is 1.92 bits per heavy atom. The first-order valence-corrected chi connectivity index (χ1v) is 4.75. The van der Waals surface area contributed by atoms with Gasteiger partial charge in [0.2, 0.25) is 0 Å². The lowest BCUT2D eigenvalue weighted by molar-refractivity contribution is 0.814. The van der Waals surface area contributed by atoms with Gasteiger partial charge in [-0.1, -0.05) is 54.1 Å². The minimum Gasteiger partial charge on any atom is -0.0770 e. The Morgan fingerprint density at radius 1 is 1.15 bits per heavy atom. The molecule has 0 radical (unpaired) electrons. The van der Waals surface area contributed by atoms with Crippen LogP contribution in [0.3, 0.4) is 0 Å². The van der Waals surface area contributed by atoms with Crippen LogP contribution in [-0.2, 0) is 6.42 Å². The van der Waals surface area contributed by atoms with E-state index in [0.717, 1.165) is 6.42 Å². The van der Waals surface area contributed by atoms with Crippen LogP contribution < -0.4 is 0 Å². The second-order valence-electron chi connectivity index (χ2n) is 3.62. The molecule has 0 aromatic heterocycles. The summed E-state index contributed by atoms with van der Waals surface area (Å²) >= 11 is 0. The lowest BCUT2D eigenvalue weighted by Gasteiger charge is -2.04. The highest BCUT2D eigenvalue weighted by atomic mass is 14.1. The van der Waals surface area contributed by atoms with Crippen molar-refractivity contribution in [3.8, 4) is 0 Å². The summed E-state index contributed by atoms with van der Waals surface area (Å²) in [6.45, 7) is 2.15. The Bertz CT molecular complexity index is 330. The zero-order chi connectivity index (χ0) is 9.10. The van der Waals surface area contributed by atoms with E-state index in [1.807, 2.05) is 0 Å². The average molecular weight is 170 g/mol. The van der Waals surface area contributed by atoms with Gasteiger partial charge in [-0.15, -0.1) is 0 Å². The molecule has 1 aliphatic rings. The molecule has 1 unspecified atom stereocenters. The molecule has 1 aromatic carbocycles. The van der Waals surface area contributed by atoms with E-state index in [0.29, 0.717) is 5.92 Å². The van der Waals surface area contributed by atoms with Crippen LogP contribution in [0.2, 0.25) is 0 Å². The summed E-state index contributed by atoms with van der Waals surface area (Å²) in [4.78, 5) is 0. The minimum atomic E-state index is 0.613. The molecule has 0 saturated heterocycles. The molecule has 0 saturated carbocycles. The summed E-state index contributed by atoms with van der Waals surface area (Å²) < 4.78 is 0. The normalized spacial score (nSPS) is 20.4. The predicted molar refractivity (Wildman–Crippen MR) is 56.5 cm³/mol. The number of rotatable bonds is 2. The van der Waals surface area contributed by atoms with Gasteiger partial charge in [-0.2, -0.15) is 0 Å².